The lowest BCUT2D eigenvalue weighted by molar-refractivity contribution is -0.123. The molecule has 1 aromatic carbocycles. The van der Waals surface area contributed by atoms with Gasteiger partial charge in [0, 0.05) is 19.2 Å². The van der Waals surface area contributed by atoms with Crippen molar-refractivity contribution in [3.05, 3.63) is 29.8 Å². The van der Waals surface area contributed by atoms with Gasteiger partial charge in [0.1, 0.15) is 0 Å². The first kappa shape index (κ1) is 13.5. The molecule has 1 unspecified atom stereocenters. The Morgan fingerprint density at radius 3 is 2.95 bits per heavy atom. The van der Waals surface area contributed by atoms with Crippen molar-refractivity contribution in [2.45, 2.75) is 32.4 Å². The van der Waals surface area contributed by atoms with E-state index in [2.05, 4.69) is 16.0 Å². The van der Waals surface area contributed by atoms with Gasteiger partial charge in [-0.3, -0.25) is 9.59 Å². The van der Waals surface area contributed by atoms with Gasteiger partial charge in [0.15, 0.2) is 0 Å². The zero-order valence-corrected chi connectivity index (χ0v) is 11.0. The molecule has 1 aliphatic rings. The summed E-state index contributed by atoms with van der Waals surface area (Å²) in [6.07, 6.45) is 1.95. The summed E-state index contributed by atoms with van der Waals surface area (Å²) >= 11 is 0. The second-order valence-electron chi connectivity index (χ2n) is 4.75. The molecular formula is C14H19N3O2. The van der Waals surface area contributed by atoms with E-state index in [0.29, 0.717) is 6.54 Å². The molecule has 1 fully saturated rings. The van der Waals surface area contributed by atoms with Crippen LogP contribution in [0.2, 0.25) is 0 Å². The summed E-state index contributed by atoms with van der Waals surface area (Å²) in [7, 11) is 0. The number of hydrogen-bond donors (Lipinski definition) is 3. The minimum Gasteiger partial charge on any atom is -0.351 e. The molecule has 0 aliphatic carbocycles. The van der Waals surface area contributed by atoms with Crippen molar-refractivity contribution in [1.29, 1.82) is 0 Å². The highest BCUT2D eigenvalue weighted by atomic mass is 16.2. The average Bonchev–Trinajstić information content (AvgIpc) is 2.89. The first-order valence-corrected chi connectivity index (χ1v) is 6.53. The predicted molar refractivity (Wildman–Crippen MR) is 73.6 cm³/mol. The Morgan fingerprint density at radius 1 is 1.42 bits per heavy atom. The maximum absolute atomic E-state index is 11.8. The summed E-state index contributed by atoms with van der Waals surface area (Å²) in [6.45, 7) is 2.86. The molecule has 0 aromatic heterocycles. The molecular weight excluding hydrogens is 242 g/mol. The van der Waals surface area contributed by atoms with E-state index < -0.39 is 0 Å². The van der Waals surface area contributed by atoms with Gasteiger partial charge >= 0.3 is 0 Å². The topological polar surface area (TPSA) is 70.2 Å². The van der Waals surface area contributed by atoms with E-state index in [4.69, 9.17) is 0 Å². The van der Waals surface area contributed by atoms with Gasteiger partial charge in [0.2, 0.25) is 11.8 Å². The molecule has 2 rings (SSSR count). The summed E-state index contributed by atoms with van der Waals surface area (Å²) in [6, 6.07) is 7.42. The van der Waals surface area contributed by atoms with Crippen LogP contribution in [0.25, 0.3) is 0 Å². The molecule has 102 valence electrons. The van der Waals surface area contributed by atoms with Crippen LogP contribution in [0.5, 0.6) is 0 Å². The Hall–Kier alpha value is -1.88. The van der Waals surface area contributed by atoms with Gasteiger partial charge in [-0.25, -0.2) is 0 Å². The lowest BCUT2D eigenvalue weighted by Gasteiger charge is -2.11. The first-order valence-electron chi connectivity index (χ1n) is 6.53. The molecule has 0 saturated carbocycles. The van der Waals surface area contributed by atoms with Gasteiger partial charge in [-0.05, 0) is 37.1 Å². The Bertz CT molecular complexity index is 468. The molecule has 1 heterocycles. The number of amides is 2. The van der Waals surface area contributed by atoms with E-state index >= 15 is 0 Å². The maximum atomic E-state index is 11.8. The molecule has 3 N–H and O–H groups in total. The molecule has 2 amide bonds. The number of carbonyl (C=O) groups excluding carboxylic acids is 2. The van der Waals surface area contributed by atoms with E-state index in [1.54, 1.807) is 0 Å². The molecule has 0 bridgehead atoms. The average molecular weight is 261 g/mol. The second kappa shape index (κ2) is 6.33. The van der Waals surface area contributed by atoms with E-state index in [9.17, 15) is 9.59 Å². The number of rotatable bonds is 4. The highest BCUT2D eigenvalue weighted by molar-refractivity contribution is 5.88. The van der Waals surface area contributed by atoms with E-state index in [1.165, 1.54) is 6.92 Å². The largest absolute Gasteiger partial charge is 0.351 e. The maximum Gasteiger partial charge on any atom is 0.237 e. The van der Waals surface area contributed by atoms with Gasteiger partial charge in [-0.15, -0.1) is 0 Å². The molecule has 0 radical (unpaired) electrons. The minimum absolute atomic E-state index is 0.0439. The van der Waals surface area contributed by atoms with Crippen molar-refractivity contribution in [2.75, 3.05) is 11.9 Å². The molecule has 5 heteroatoms. The van der Waals surface area contributed by atoms with E-state index in [1.807, 2.05) is 24.3 Å². The van der Waals surface area contributed by atoms with Crippen LogP contribution in [0.4, 0.5) is 5.69 Å². The number of carbonyl (C=O) groups is 2. The fourth-order valence-corrected chi connectivity index (χ4v) is 2.18. The highest BCUT2D eigenvalue weighted by Crippen LogP contribution is 2.11. The number of anilines is 1. The Labute approximate surface area is 112 Å². The standard InChI is InChI=1S/C14H19N3O2/c1-10(18)17-12-5-2-4-11(8-12)9-16-14(19)13-6-3-7-15-13/h2,4-5,8,13,15H,3,6-7,9H2,1H3,(H,16,19)(H,17,18). The molecule has 19 heavy (non-hydrogen) atoms. The van der Waals surface area contributed by atoms with Crippen LogP contribution in [0.1, 0.15) is 25.3 Å². The van der Waals surface area contributed by atoms with Gasteiger partial charge in [0.05, 0.1) is 6.04 Å². The number of hydrogen-bond acceptors (Lipinski definition) is 3. The third kappa shape index (κ3) is 4.06. The predicted octanol–water partition coefficient (Wildman–Crippen LogP) is 1.01. The third-order valence-electron chi connectivity index (χ3n) is 3.09. The van der Waals surface area contributed by atoms with Crippen molar-refractivity contribution in [3.8, 4) is 0 Å². The van der Waals surface area contributed by atoms with Crippen LogP contribution in [-0.4, -0.2) is 24.4 Å². The molecule has 1 aliphatic heterocycles. The second-order valence-corrected chi connectivity index (χ2v) is 4.75. The van der Waals surface area contributed by atoms with Crippen molar-refractivity contribution in [2.24, 2.45) is 0 Å². The van der Waals surface area contributed by atoms with Crippen LogP contribution >= 0.6 is 0 Å². The molecule has 1 atom stereocenters. The Balaban J connectivity index is 1.88. The summed E-state index contributed by atoms with van der Waals surface area (Å²) in [5, 5.41) is 8.79. The van der Waals surface area contributed by atoms with Crippen molar-refractivity contribution in [1.82, 2.24) is 10.6 Å². The van der Waals surface area contributed by atoms with Gasteiger partial charge < -0.3 is 16.0 Å². The van der Waals surface area contributed by atoms with Crippen LogP contribution in [0.15, 0.2) is 24.3 Å². The van der Waals surface area contributed by atoms with Gasteiger partial charge in [-0.2, -0.15) is 0 Å². The lowest BCUT2D eigenvalue weighted by Crippen LogP contribution is -2.39. The quantitative estimate of drug-likeness (QED) is 0.757. The summed E-state index contributed by atoms with van der Waals surface area (Å²) in [4.78, 5) is 22.8. The summed E-state index contributed by atoms with van der Waals surface area (Å²) in [5.74, 6) is -0.0567. The third-order valence-corrected chi connectivity index (χ3v) is 3.09. The molecule has 0 spiro atoms. The number of nitrogens with one attached hydrogen (secondary N) is 3. The van der Waals surface area contributed by atoms with Gasteiger partial charge in [-0.1, -0.05) is 12.1 Å². The molecule has 1 saturated heterocycles. The van der Waals surface area contributed by atoms with Crippen LogP contribution in [0, 0.1) is 0 Å². The SMILES string of the molecule is CC(=O)Nc1cccc(CNC(=O)C2CCCN2)c1. The van der Waals surface area contributed by atoms with Crippen molar-refractivity contribution >= 4 is 17.5 Å². The van der Waals surface area contributed by atoms with Crippen LogP contribution < -0.4 is 16.0 Å². The highest BCUT2D eigenvalue weighted by Gasteiger charge is 2.21. The fourth-order valence-electron chi connectivity index (χ4n) is 2.18. The Kier molecular flexibility index (Phi) is 4.52. The first-order chi connectivity index (χ1) is 9.15. The zero-order chi connectivity index (χ0) is 13.7. The minimum atomic E-state index is -0.101. The Morgan fingerprint density at radius 2 is 2.26 bits per heavy atom. The number of benzene rings is 1. The summed E-state index contributed by atoms with van der Waals surface area (Å²) in [5.41, 5.74) is 1.72. The molecule has 1 aromatic rings. The van der Waals surface area contributed by atoms with Crippen LogP contribution in [-0.2, 0) is 16.1 Å². The van der Waals surface area contributed by atoms with Crippen molar-refractivity contribution < 1.29 is 9.59 Å². The van der Waals surface area contributed by atoms with Crippen molar-refractivity contribution in [3.63, 3.8) is 0 Å². The van der Waals surface area contributed by atoms with Gasteiger partial charge in [0.25, 0.3) is 0 Å². The monoisotopic (exact) mass is 261 g/mol. The molecule has 5 nitrogen and oxygen atoms in total. The lowest BCUT2D eigenvalue weighted by atomic mass is 10.1. The summed E-state index contributed by atoms with van der Waals surface area (Å²) < 4.78 is 0. The zero-order valence-electron chi connectivity index (χ0n) is 11.0. The normalized spacial score (nSPS) is 18.1. The smallest absolute Gasteiger partial charge is 0.237 e. The fraction of sp³-hybridized carbons (Fsp3) is 0.429. The van der Waals surface area contributed by atoms with E-state index in [-0.39, 0.29) is 17.9 Å². The van der Waals surface area contributed by atoms with E-state index in [0.717, 1.165) is 30.6 Å². The van der Waals surface area contributed by atoms with Crippen LogP contribution in [0.3, 0.4) is 0 Å².